The highest BCUT2D eigenvalue weighted by atomic mass is 35.5. The van der Waals surface area contributed by atoms with E-state index in [-0.39, 0.29) is 37.1 Å². The van der Waals surface area contributed by atoms with Crippen LogP contribution in [0.4, 0.5) is 0 Å². The summed E-state index contributed by atoms with van der Waals surface area (Å²) in [6, 6.07) is 0. The van der Waals surface area contributed by atoms with Crippen molar-refractivity contribution >= 4 is 22.2 Å². The lowest BCUT2D eigenvalue weighted by Gasteiger charge is -1.96. The van der Waals surface area contributed by atoms with E-state index < -0.39 is 9.84 Å². The number of aliphatic hydroxyl groups excluding tert-OH is 1. The Morgan fingerprint density at radius 2 is 1.80 bits per heavy atom. The molecule has 0 bridgehead atoms. The zero-order chi connectivity index (χ0) is 7.33. The summed E-state index contributed by atoms with van der Waals surface area (Å²) in [5.41, 5.74) is 4.98. The summed E-state index contributed by atoms with van der Waals surface area (Å²) < 4.78 is 21.2. The standard InChI is InChI=1S/C4H11NO3S.ClH/c5-1-3-9(7,8)4-2-6;/h6H,1-5H2;1H. The number of rotatable bonds is 4. The average molecular weight is 190 g/mol. The number of nitrogens with two attached hydrogens (primary N) is 1. The lowest BCUT2D eigenvalue weighted by atomic mass is 10.8. The maximum atomic E-state index is 10.6. The normalized spacial score (nSPS) is 10.6. The molecule has 6 heteroatoms. The van der Waals surface area contributed by atoms with E-state index in [1.165, 1.54) is 0 Å². The van der Waals surface area contributed by atoms with Crippen LogP contribution in [0.25, 0.3) is 0 Å². The molecule has 0 aromatic heterocycles. The molecule has 0 aromatic carbocycles. The number of hydrogen-bond donors (Lipinski definition) is 2. The van der Waals surface area contributed by atoms with E-state index in [2.05, 4.69) is 0 Å². The highest BCUT2D eigenvalue weighted by Gasteiger charge is 2.06. The van der Waals surface area contributed by atoms with Crippen LogP contribution in [0.5, 0.6) is 0 Å². The largest absolute Gasteiger partial charge is 0.395 e. The van der Waals surface area contributed by atoms with Gasteiger partial charge in [-0.3, -0.25) is 0 Å². The number of halogens is 1. The Balaban J connectivity index is 0. The molecule has 0 spiro atoms. The van der Waals surface area contributed by atoms with E-state index in [1.807, 2.05) is 0 Å². The first-order chi connectivity index (χ1) is 4.12. The molecule has 0 radical (unpaired) electrons. The fourth-order valence-corrected chi connectivity index (χ4v) is 1.26. The Hall–Kier alpha value is 0.160. The molecule has 10 heavy (non-hydrogen) atoms. The van der Waals surface area contributed by atoms with E-state index in [0.29, 0.717) is 0 Å². The van der Waals surface area contributed by atoms with Crippen LogP contribution in [0.3, 0.4) is 0 Å². The van der Waals surface area contributed by atoms with Crippen molar-refractivity contribution in [3.05, 3.63) is 0 Å². The van der Waals surface area contributed by atoms with Gasteiger partial charge in [0, 0.05) is 6.54 Å². The molecule has 0 rings (SSSR count). The predicted molar refractivity (Wildman–Crippen MR) is 42.0 cm³/mol. The zero-order valence-corrected chi connectivity index (χ0v) is 7.12. The molecule has 0 saturated heterocycles. The third-order valence-electron chi connectivity index (χ3n) is 0.831. The minimum atomic E-state index is -3.06. The Morgan fingerprint density at radius 3 is 2.10 bits per heavy atom. The first kappa shape index (κ1) is 12.8. The maximum Gasteiger partial charge on any atom is 0.153 e. The second kappa shape index (κ2) is 5.91. The SMILES string of the molecule is Cl.NCCS(=O)(=O)CCO. The second-order valence-electron chi connectivity index (χ2n) is 1.66. The highest BCUT2D eigenvalue weighted by Crippen LogP contribution is 1.85. The predicted octanol–water partition coefficient (Wildman–Crippen LogP) is -1.23. The molecule has 0 aliphatic carbocycles. The van der Waals surface area contributed by atoms with Gasteiger partial charge in [0.15, 0.2) is 9.84 Å². The van der Waals surface area contributed by atoms with Crippen molar-refractivity contribution in [2.45, 2.75) is 0 Å². The molecule has 0 aliphatic heterocycles. The third kappa shape index (κ3) is 6.28. The summed E-state index contributed by atoms with van der Waals surface area (Å²) in [6.07, 6.45) is 0. The van der Waals surface area contributed by atoms with Crippen LogP contribution in [0.1, 0.15) is 0 Å². The summed E-state index contributed by atoms with van der Waals surface area (Å²) in [5, 5.41) is 8.21. The Morgan fingerprint density at radius 1 is 1.30 bits per heavy atom. The van der Waals surface area contributed by atoms with E-state index in [9.17, 15) is 8.42 Å². The van der Waals surface area contributed by atoms with Crippen LogP contribution >= 0.6 is 12.4 Å². The summed E-state index contributed by atoms with van der Waals surface area (Å²) >= 11 is 0. The Bertz CT molecular complexity index is 144. The molecule has 0 fully saturated rings. The van der Waals surface area contributed by atoms with Crippen molar-refractivity contribution in [2.24, 2.45) is 5.73 Å². The molecule has 3 N–H and O–H groups in total. The smallest absolute Gasteiger partial charge is 0.153 e. The fourth-order valence-electron chi connectivity index (χ4n) is 0.421. The van der Waals surface area contributed by atoms with Gasteiger partial charge in [-0.25, -0.2) is 8.42 Å². The van der Waals surface area contributed by atoms with Gasteiger partial charge in [0.2, 0.25) is 0 Å². The molecular formula is C4H12ClNO3S. The molecule has 64 valence electrons. The average Bonchev–Trinajstić information content (AvgIpc) is 1.64. The Labute approximate surface area is 66.7 Å². The molecule has 0 unspecified atom stereocenters. The van der Waals surface area contributed by atoms with E-state index >= 15 is 0 Å². The molecule has 0 saturated carbocycles. The first-order valence-electron chi connectivity index (χ1n) is 2.64. The number of aliphatic hydroxyl groups is 1. The third-order valence-corrected chi connectivity index (χ3v) is 2.49. The van der Waals surface area contributed by atoms with Gasteiger partial charge in [-0.15, -0.1) is 12.4 Å². The lowest BCUT2D eigenvalue weighted by Crippen LogP contribution is -2.19. The van der Waals surface area contributed by atoms with Gasteiger partial charge in [0.25, 0.3) is 0 Å². The van der Waals surface area contributed by atoms with Gasteiger partial charge < -0.3 is 10.8 Å². The molecule has 4 nitrogen and oxygen atoms in total. The summed E-state index contributed by atoms with van der Waals surface area (Å²) in [6.45, 7) is -0.190. The van der Waals surface area contributed by atoms with Crippen molar-refractivity contribution < 1.29 is 13.5 Å². The first-order valence-corrected chi connectivity index (χ1v) is 4.46. The van der Waals surface area contributed by atoms with Gasteiger partial charge in [0.1, 0.15) is 0 Å². The lowest BCUT2D eigenvalue weighted by molar-refractivity contribution is 0.319. The van der Waals surface area contributed by atoms with Crippen LogP contribution in [0.15, 0.2) is 0 Å². The Kier molecular flexibility index (Phi) is 7.56. The van der Waals surface area contributed by atoms with Gasteiger partial charge in [-0.05, 0) is 0 Å². The van der Waals surface area contributed by atoms with Crippen molar-refractivity contribution in [2.75, 3.05) is 24.7 Å². The van der Waals surface area contributed by atoms with Crippen molar-refractivity contribution in [3.63, 3.8) is 0 Å². The second-order valence-corrected chi connectivity index (χ2v) is 3.97. The summed E-state index contributed by atoms with van der Waals surface area (Å²) in [4.78, 5) is 0. The number of hydrogen-bond acceptors (Lipinski definition) is 4. The summed E-state index contributed by atoms with van der Waals surface area (Å²) in [5.74, 6) is -0.211. The van der Waals surface area contributed by atoms with Crippen molar-refractivity contribution in [3.8, 4) is 0 Å². The van der Waals surface area contributed by atoms with Crippen molar-refractivity contribution in [1.29, 1.82) is 0 Å². The minimum Gasteiger partial charge on any atom is -0.395 e. The van der Waals surface area contributed by atoms with Crippen LogP contribution in [-0.2, 0) is 9.84 Å². The van der Waals surface area contributed by atoms with Crippen LogP contribution in [0, 0.1) is 0 Å². The topological polar surface area (TPSA) is 80.4 Å². The molecule has 0 aromatic rings. The van der Waals surface area contributed by atoms with Crippen LogP contribution < -0.4 is 5.73 Å². The molecular weight excluding hydrogens is 178 g/mol. The molecule has 0 aliphatic rings. The van der Waals surface area contributed by atoms with Gasteiger partial charge >= 0.3 is 0 Å². The van der Waals surface area contributed by atoms with Crippen LogP contribution in [0.2, 0.25) is 0 Å². The van der Waals surface area contributed by atoms with Crippen LogP contribution in [-0.4, -0.2) is 38.2 Å². The van der Waals surface area contributed by atoms with E-state index in [4.69, 9.17) is 10.8 Å². The zero-order valence-electron chi connectivity index (χ0n) is 5.49. The maximum absolute atomic E-state index is 10.6. The van der Waals surface area contributed by atoms with Crippen molar-refractivity contribution in [1.82, 2.24) is 0 Å². The molecule has 0 atom stereocenters. The monoisotopic (exact) mass is 189 g/mol. The molecule has 0 heterocycles. The minimum absolute atomic E-state index is 0. The van der Waals surface area contributed by atoms with Gasteiger partial charge in [-0.2, -0.15) is 0 Å². The fraction of sp³-hybridized carbons (Fsp3) is 1.00. The van der Waals surface area contributed by atoms with E-state index in [0.717, 1.165) is 0 Å². The quantitative estimate of drug-likeness (QED) is 0.581. The number of sulfone groups is 1. The van der Waals surface area contributed by atoms with Gasteiger partial charge in [0.05, 0.1) is 18.1 Å². The van der Waals surface area contributed by atoms with Gasteiger partial charge in [-0.1, -0.05) is 0 Å². The molecule has 0 amide bonds. The highest BCUT2D eigenvalue weighted by molar-refractivity contribution is 7.91. The summed E-state index contributed by atoms with van der Waals surface area (Å²) in [7, 11) is -3.06. The van der Waals surface area contributed by atoms with E-state index in [1.54, 1.807) is 0 Å².